The second-order valence-electron chi connectivity index (χ2n) is 4.78. The molecule has 0 aliphatic heterocycles. The molecule has 106 valence electrons. The SMILES string of the molecule is CNCc1ccc(OCc2ccc(C)cc2)cc1OC. The Bertz CT molecular complexity index is 549. The van der Waals surface area contributed by atoms with Gasteiger partial charge in [-0.2, -0.15) is 0 Å². The number of hydrogen-bond acceptors (Lipinski definition) is 3. The van der Waals surface area contributed by atoms with Crippen LogP contribution < -0.4 is 14.8 Å². The lowest BCUT2D eigenvalue weighted by atomic mass is 10.1. The summed E-state index contributed by atoms with van der Waals surface area (Å²) >= 11 is 0. The molecular formula is C17H21NO2. The van der Waals surface area contributed by atoms with Crippen LogP contribution >= 0.6 is 0 Å². The Morgan fingerprint density at radius 1 is 1.05 bits per heavy atom. The van der Waals surface area contributed by atoms with Crippen LogP contribution in [0.4, 0.5) is 0 Å². The van der Waals surface area contributed by atoms with Crippen molar-refractivity contribution < 1.29 is 9.47 Å². The third-order valence-electron chi connectivity index (χ3n) is 3.15. The Morgan fingerprint density at radius 3 is 2.45 bits per heavy atom. The zero-order chi connectivity index (χ0) is 14.4. The molecule has 2 aromatic carbocycles. The van der Waals surface area contributed by atoms with E-state index < -0.39 is 0 Å². The molecule has 0 aliphatic rings. The first-order valence-corrected chi connectivity index (χ1v) is 6.73. The van der Waals surface area contributed by atoms with Crippen LogP contribution in [0.25, 0.3) is 0 Å². The lowest BCUT2D eigenvalue weighted by molar-refractivity contribution is 0.303. The third kappa shape index (κ3) is 3.75. The summed E-state index contributed by atoms with van der Waals surface area (Å²) in [5, 5.41) is 3.12. The first-order chi connectivity index (χ1) is 9.72. The molecule has 0 radical (unpaired) electrons. The van der Waals surface area contributed by atoms with E-state index >= 15 is 0 Å². The molecule has 2 rings (SSSR count). The maximum absolute atomic E-state index is 5.81. The molecule has 0 bridgehead atoms. The number of ether oxygens (including phenoxy) is 2. The van der Waals surface area contributed by atoms with E-state index in [9.17, 15) is 0 Å². The lowest BCUT2D eigenvalue weighted by Crippen LogP contribution is -2.06. The van der Waals surface area contributed by atoms with Crippen molar-refractivity contribution in [1.29, 1.82) is 0 Å². The van der Waals surface area contributed by atoms with Gasteiger partial charge >= 0.3 is 0 Å². The quantitative estimate of drug-likeness (QED) is 0.874. The second kappa shape index (κ2) is 6.96. The normalized spacial score (nSPS) is 10.3. The van der Waals surface area contributed by atoms with Gasteiger partial charge in [0.1, 0.15) is 18.1 Å². The summed E-state index contributed by atoms with van der Waals surface area (Å²) < 4.78 is 11.2. The van der Waals surface area contributed by atoms with Crippen molar-refractivity contribution in [2.45, 2.75) is 20.1 Å². The minimum atomic E-state index is 0.564. The molecule has 2 aromatic rings. The Balaban J connectivity index is 2.04. The van der Waals surface area contributed by atoms with Gasteiger partial charge in [0, 0.05) is 18.2 Å². The fourth-order valence-corrected chi connectivity index (χ4v) is 2.00. The topological polar surface area (TPSA) is 30.5 Å². The summed E-state index contributed by atoms with van der Waals surface area (Å²) in [4.78, 5) is 0. The van der Waals surface area contributed by atoms with Crippen molar-refractivity contribution in [1.82, 2.24) is 5.32 Å². The van der Waals surface area contributed by atoms with E-state index in [1.807, 2.05) is 25.2 Å². The lowest BCUT2D eigenvalue weighted by Gasteiger charge is -2.11. The van der Waals surface area contributed by atoms with Crippen molar-refractivity contribution in [3.63, 3.8) is 0 Å². The number of methoxy groups -OCH3 is 1. The van der Waals surface area contributed by atoms with E-state index in [-0.39, 0.29) is 0 Å². The van der Waals surface area contributed by atoms with Gasteiger partial charge < -0.3 is 14.8 Å². The highest BCUT2D eigenvalue weighted by molar-refractivity contribution is 5.40. The van der Waals surface area contributed by atoms with Crippen LogP contribution in [0.2, 0.25) is 0 Å². The Hall–Kier alpha value is -2.00. The maximum atomic E-state index is 5.81. The maximum Gasteiger partial charge on any atom is 0.127 e. The van der Waals surface area contributed by atoms with Crippen LogP contribution in [0.15, 0.2) is 42.5 Å². The molecule has 0 heterocycles. The van der Waals surface area contributed by atoms with Gasteiger partial charge in [-0.25, -0.2) is 0 Å². The molecule has 0 saturated heterocycles. The third-order valence-corrected chi connectivity index (χ3v) is 3.15. The molecule has 0 aromatic heterocycles. The number of benzene rings is 2. The van der Waals surface area contributed by atoms with E-state index in [2.05, 4.69) is 36.5 Å². The van der Waals surface area contributed by atoms with Gasteiger partial charge in [0.25, 0.3) is 0 Å². The summed E-state index contributed by atoms with van der Waals surface area (Å²) in [6.45, 7) is 3.42. The molecule has 20 heavy (non-hydrogen) atoms. The number of aryl methyl sites for hydroxylation is 1. The minimum absolute atomic E-state index is 0.564. The van der Waals surface area contributed by atoms with Gasteiger partial charge in [-0.15, -0.1) is 0 Å². The fraction of sp³-hybridized carbons (Fsp3) is 0.294. The Labute approximate surface area is 120 Å². The fourth-order valence-electron chi connectivity index (χ4n) is 2.00. The van der Waals surface area contributed by atoms with Crippen molar-refractivity contribution >= 4 is 0 Å². The van der Waals surface area contributed by atoms with Gasteiger partial charge in [-0.3, -0.25) is 0 Å². The molecular weight excluding hydrogens is 250 g/mol. The van der Waals surface area contributed by atoms with Gasteiger partial charge in [0.05, 0.1) is 7.11 Å². The molecule has 3 nitrogen and oxygen atoms in total. The standard InChI is InChI=1S/C17H21NO2/c1-13-4-6-14(7-5-13)12-20-16-9-8-15(11-18-2)17(10-16)19-3/h4-10,18H,11-12H2,1-3H3. The Morgan fingerprint density at radius 2 is 1.80 bits per heavy atom. The van der Waals surface area contributed by atoms with E-state index in [0.29, 0.717) is 6.61 Å². The highest BCUT2D eigenvalue weighted by Gasteiger charge is 2.04. The number of rotatable bonds is 6. The van der Waals surface area contributed by atoms with Crippen LogP contribution in [0.3, 0.4) is 0 Å². The number of nitrogens with one attached hydrogen (secondary N) is 1. The first-order valence-electron chi connectivity index (χ1n) is 6.73. The molecule has 0 amide bonds. The molecule has 3 heteroatoms. The second-order valence-corrected chi connectivity index (χ2v) is 4.78. The summed E-state index contributed by atoms with van der Waals surface area (Å²) in [5.74, 6) is 1.67. The molecule has 0 unspecified atom stereocenters. The van der Waals surface area contributed by atoms with Gasteiger partial charge in [0.15, 0.2) is 0 Å². The highest BCUT2D eigenvalue weighted by atomic mass is 16.5. The van der Waals surface area contributed by atoms with Crippen LogP contribution in [0.1, 0.15) is 16.7 Å². The first kappa shape index (κ1) is 14.4. The average Bonchev–Trinajstić information content (AvgIpc) is 2.48. The monoisotopic (exact) mass is 271 g/mol. The van der Waals surface area contributed by atoms with Crippen LogP contribution in [0, 0.1) is 6.92 Å². The largest absolute Gasteiger partial charge is 0.496 e. The smallest absolute Gasteiger partial charge is 0.127 e. The van der Waals surface area contributed by atoms with Crippen molar-refractivity contribution in [2.24, 2.45) is 0 Å². The van der Waals surface area contributed by atoms with Gasteiger partial charge in [-0.1, -0.05) is 35.9 Å². The number of hydrogen-bond donors (Lipinski definition) is 1. The van der Waals surface area contributed by atoms with Crippen LogP contribution in [-0.4, -0.2) is 14.2 Å². The summed E-state index contributed by atoms with van der Waals surface area (Å²) in [6, 6.07) is 14.3. The average molecular weight is 271 g/mol. The predicted octanol–water partition coefficient (Wildman–Crippen LogP) is 3.30. The van der Waals surface area contributed by atoms with Crippen molar-refractivity contribution in [2.75, 3.05) is 14.2 Å². The van der Waals surface area contributed by atoms with Crippen LogP contribution in [-0.2, 0) is 13.2 Å². The predicted molar refractivity (Wildman–Crippen MR) is 81.3 cm³/mol. The van der Waals surface area contributed by atoms with Crippen LogP contribution in [0.5, 0.6) is 11.5 Å². The highest BCUT2D eigenvalue weighted by Crippen LogP contribution is 2.25. The molecule has 0 spiro atoms. The zero-order valence-electron chi connectivity index (χ0n) is 12.3. The van der Waals surface area contributed by atoms with E-state index in [1.165, 1.54) is 5.56 Å². The van der Waals surface area contributed by atoms with E-state index in [0.717, 1.165) is 29.2 Å². The zero-order valence-corrected chi connectivity index (χ0v) is 12.3. The van der Waals surface area contributed by atoms with Gasteiger partial charge in [-0.05, 0) is 25.6 Å². The molecule has 0 fully saturated rings. The van der Waals surface area contributed by atoms with E-state index in [4.69, 9.17) is 9.47 Å². The van der Waals surface area contributed by atoms with E-state index in [1.54, 1.807) is 7.11 Å². The van der Waals surface area contributed by atoms with Crippen molar-refractivity contribution in [3.05, 3.63) is 59.2 Å². The molecule has 0 aliphatic carbocycles. The molecule has 0 atom stereocenters. The summed E-state index contributed by atoms with van der Waals surface area (Å²) in [7, 11) is 3.60. The Kier molecular flexibility index (Phi) is 5.02. The minimum Gasteiger partial charge on any atom is -0.496 e. The summed E-state index contributed by atoms with van der Waals surface area (Å²) in [6.07, 6.45) is 0. The van der Waals surface area contributed by atoms with Gasteiger partial charge in [0.2, 0.25) is 0 Å². The van der Waals surface area contributed by atoms with Crippen molar-refractivity contribution in [3.8, 4) is 11.5 Å². The summed E-state index contributed by atoms with van der Waals surface area (Å²) in [5.41, 5.74) is 3.54. The molecule has 0 saturated carbocycles. The molecule has 1 N–H and O–H groups in total.